The summed E-state index contributed by atoms with van der Waals surface area (Å²) in [6.45, 7) is 10.5. The highest BCUT2D eigenvalue weighted by molar-refractivity contribution is 5.87. The Kier molecular flexibility index (Phi) is 14.7. The standard InChI is InChI=1S/C31H37NO10/c1-22(2)29(34)40-16-9-14-28(33)39-20-18-37-26-12-7-5-10-24(26)25-11-6-8-13-27(25)38-19-21-42-31(36)32-15-17-41-30(35)23(3)4/h5-8,10-13H,1,3,9,14-21H2,2,4H3,(H,32,36). The van der Waals surface area contributed by atoms with Crippen molar-refractivity contribution in [2.24, 2.45) is 0 Å². The van der Waals surface area contributed by atoms with Crippen LogP contribution in [0.15, 0.2) is 72.8 Å². The first kappa shape index (κ1) is 33.4. The highest BCUT2D eigenvalue weighted by Crippen LogP contribution is 2.36. The van der Waals surface area contributed by atoms with Crippen LogP contribution < -0.4 is 14.8 Å². The van der Waals surface area contributed by atoms with Crippen molar-refractivity contribution in [3.8, 4) is 22.6 Å². The van der Waals surface area contributed by atoms with E-state index in [4.69, 9.17) is 28.4 Å². The largest absolute Gasteiger partial charge is 0.489 e. The van der Waals surface area contributed by atoms with Gasteiger partial charge < -0.3 is 33.7 Å². The lowest BCUT2D eigenvalue weighted by Crippen LogP contribution is -2.29. The second kappa shape index (κ2) is 18.5. The van der Waals surface area contributed by atoms with Crippen LogP contribution >= 0.6 is 0 Å². The molecule has 1 amide bonds. The van der Waals surface area contributed by atoms with Gasteiger partial charge >= 0.3 is 24.0 Å². The number of hydrogen-bond acceptors (Lipinski definition) is 10. The third-order valence-corrected chi connectivity index (χ3v) is 5.30. The minimum absolute atomic E-state index is 0.00334. The topological polar surface area (TPSA) is 136 Å². The molecule has 0 heterocycles. The Morgan fingerprint density at radius 3 is 1.69 bits per heavy atom. The molecule has 0 saturated carbocycles. The number of carbonyl (C=O) groups excluding carboxylic acids is 4. The summed E-state index contributed by atoms with van der Waals surface area (Å²) in [5, 5.41) is 2.48. The lowest BCUT2D eigenvalue weighted by molar-refractivity contribution is -0.146. The van der Waals surface area contributed by atoms with Crippen molar-refractivity contribution in [2.45, 2.75) is 26.7 Å². The fourth-order valence-corrected chi connectivity index (χ4v) is 3.27. The van der Waals surface area contributed by atoms with E-state index >= 15 is 0 Å². The van der Waals surface area contributed by atoms with Crippen LogP contribution in [0.2, 0.25) is 0 Å². The van der Waals surface area contributed by atoms with Gasteiger partial charge in [-0.2, -0.15) is 0 Å². The van der Waals surface area contributed by atoms with E-state index in [1.54, 1.807) is 19.1 Å². The molecule has 0 aliphatic carbocycles. The molecule has 0 aliphatic rings. The summed E-state index contributed by atoms with van der Waals surface area (Å²) in [5.41, 5.74) is 2.11. The molecule has 1 N–H and O–H groups in total. The molecule has 2 aromatic rings. The van der Waals surface area contributed by atoms with Crippen LogP contribution in [0.5, 0.6) is 11.5 Å². The molecular formula is C31H37NO10. The van der Waals surface area contributed by atoms with E-state index in [-0.39, 0.29) is 58.2 Å². The monoisotopic (exact) mass is 583 g/mol. The number of ether oxygens (including phenoxy) is 6. The predicted octanol–water partition coefficient (Wildman–Crippen LogP) is 4.40. The minimum Gasteiger partial charge on any atom is -0.489 e. The molecule has 0 fully saturated rings. The van der Waals surface area contributed by atoms with E-state index in [2.05, 4.69) is 18.5 Å². The van der Waals surface area contributed by atoms with Gasteiger partial charge in [0.1, 0.15) is 44.5 Å². The Balaban J connectivity index is 1.77. The highest BCUT2D eigenvalue weighted by Gasteiger charge is 2.13. The number of hydrogen-bond donors (Lipinski definition) is 1. The van der Waals surface area contributed by atoms with Crippen molar-refractivity contribution >= 4 is 24.0 Å². The molecule has 0 bridgehead atoms. The van der Waals surface area contributed by atoms with Gasteiger partial charge in [0.2, 0.25) is 0 Å². The Morgan fingerprint density at radius 1 is 0.643 bits per heavy atom. The van der Waals surface area contributed by atoms with Crippen molar-refractivity contribution in [3.63, 3.8) is 0 Å². The zero-order valence-corrected chi connectivity index (χ0v) is 24.0. The first-order valence-electron chi connectivity index (χ1n) is 13.3. The summed E-state index contributed by atoms with van der Waals surface area (Å²) in [6, 6.07) is 14.7. The molecule has 2 rings (SSSR count). The Hall–Kier alpha value is -4.80. The number of nitrogens with one attached hydrogen (secondary N) is 1. The third kappa shape index (κ3) is 12.6. The molecule has 0 radical (unpaired) electrons. The molecule has 11 heteroatoms. The summed E-state index contributed by atoms with van der Waals surface area (Å²) in [7, 11) is 0. The van der Waals surface area contributed by atoms with E-state index in [1.165, 1.54) is 6.92 Å². The molecule has 0 aliphatic heterocycles. The number of benzene rings is 2. The van der Waals surface area contributed by atoms with Gasteiger partial charge in [-0.05, 0) is 32.4 Å². The van der Waals surface area contributed by atoms with E-state index < -0.39 is 24.0 Å². The maximum Gasteiger partial charge on any atom is 0.407 e. The first-order valence-corrected chi connectivity index (χ1v) is 13.3. The van der Waals surface area contributed by atoms with E-state index in [9.17, 15) is 19.2 Å². The molecule has 0 saturated heterocycles. The lowest BCUT2D eigenvalue weighted by atomic mass is 10.0. The van der Waals surface area contributed by atoms with Crippen LogP contribution in [0, 0.1) is 0 Å². The summed E-state index contributed by atoms with van der Waals surface area (Å²) in [6.07, 6.45) is -0.203. The van der Waals surface area contributed by atoms with Gasteiger partial charge in [-0.15, -0.1) is 0 Å². The summed E-state index contributed by atoms with van der Waals surface area (Å²) < 4.78 is 31.9. The van der Waals surface area contributed by atoms with Gasteiger partial charge in [0.15, 0.2) is 0 Å². The summed E-state index contributed by atoms with van der Waals surface area (Å²) in [5.74, 6) is -0.308. The zero-order valence-electron chi connectivity index (χ0n) is 24.0. The average molecular weight is 584 g/mol. The SMILES string of the molecule is C=C(C)C(=O)OCCCC(=O)OCCOc1ccccc1-c1ccccc1OCCOC(=O)NCCOC(=O)C(=C)C. The van der Waals surface area contributed by atoms with E-state index in [0.29, 0.717) is 23.5 Å². The minimum atomic E-state index is -0.663. The number of esters is 3. The van der Waals surface area contributed by atoms with Gasteiger partial charge in [0.05, 0.1) is 13.2 Å². The lowest BCUT2D eigenvalue weighted by Gasteiger charge is -2.15. The second-order valence-electron chi connectivity index (χ2n) is 8.91. The maximum absolute atomic E-state index is 11.9. The zero-order chi connectivity index (χ0) is 30.7. The van der Waals surface area contributed by atoms with Gasteiger partial charge in [-0.1, -0.05) is 49.6 Å². The first-order chi connectivity index (χ1) is 20.2. The molecule has 0 aromatic heterocycles. The highest BCUT2D eigenvalue weighted by atomic mass is 16.6. The molecule has 226 valence electrons. The molecule has 2 aromatic carbocycles. The molecular weight excluding hydrogens is 546 g/mol. The van der Waals surface area contributed by atoms with E-state index in [1.807, 2.05) is 36.4 Å². The van der Waals surface area contributed by atoms with Gasteiger partial charge in [0.25, 0.3) is 0 Å². The van der Waals surface area contributed by atoms with E-state index in [0.717, 1.165) is 11.1 Å². The van der Waals surface area contributed by atoms with Crippen molar-refractivity contribution in [1.82, 2.24) is 5.32 Å². The van der Waals surface area contributed by atoms with Crippen molar-refractivity contribution in [3.05, 3.63) is 72.8 Å². The van der Waals surface area contributed by atoms with Gasteiger partial charge in [0, 0.05) is 28.7 Å². The molecule has 11 nitrogen and oxygen atoms in total. The Bertz CT molecular complexity index is 1140. The summed E-state index contributed by atoms with van der Waals surface area (Å²) in [4.78, 5) is 46.4. The van der Waals surface area contributed by atoms with Crippen molar-refractivity contribution < 1.29 is 47.6 Å². The smallest absolute Gasteiger partial charge is 0.407 e. The predicted molar refractivity (Wildman–Crippen MR) is 154 cm³/mol. The number of alkyl carbamates (subject to hydrolysis) is 1. The molecule has 0 unspecified atom stereocenters. The van der Waals surface area contributed by atoms with Crippen LogP contribution in [-0.2, 0) is 33.3 Å². The van der Waals surface area contributed by atoms with Gasteiger partial charge in [-0.25, -0.2) is 14.4 Å². The maximum atomic E-state index is 11.9. The van der Waals surface area contributed by atoms with Crippen LogP contribution in [0.25, 0.3) is 11.1 Å². The Morgan fingerprint density at radius 2 is 1.14 bits per heavy atom. The fraction of sp³-hybridized carbons (Fsp3) is 0.355. The normalized spacial score (nSPS) is 10.1. The van der Waals surface area contributed by atoms with Crippen LogP contribution in [0.4, 0.5) is 4.79 Å². The molecule has 0 spiro atoms. The molecule has 0 atom stereocenters. The number of rotatable bonds is 18. The van der Waals surface area contributed by atoms with Crippen LogP contribution in [0.1, 0.15) is 26.7 Å². The van der Waals surface area contributed by atoms with Crippen LogP contribution in [0.3, 0.4) is 0 Å². The second-order valence-corrected chi connectivity index (χ2v) is 8.91. The Labute approximate surface area is 245 Å². The number of carbonyl (C=O) groups is 4. The van der Waals surface area contributed by atoms with Gasteiger partial charge in [-0.3, -0.25) is 4.79 Å². The molecule has 42 heavy (non-hydrogen) atoms. The average Bonchev–Trinajstić information content (AvgIpc) is 2.98. The number of para-hydroxylation sites is 2. The quantitative estimate of drug-likeness (QED) is 0.116. The summed E-state index contributed by atoms with van der Waals surface area (Å²) >= 11 is 0. The third-order valence-electron chi connectivity index (χ3n) is 5.30. The van der Waals surface area contributed by atoms with Crippen molar-refractivity contribution in [2.75, 3.05) is 46.2 Å². The fourth-order valence-electron chi connectivity index (χ4n) is 3.27. The van der Waals surface area contributed by atoms with Crippen LogP contribution in [-0.4, -0.2) is 70.2 Å². The van der Waals surface area contributed by atoms with Crippen molar-refractivity contribution in [1.29, 1.82) is 0 Å². The number of amides is 1.